The summed E-state index contributed by atoms with van der Waals surface area (Å²) in [7, 11) is 4.05. The van der Waals surface area contributed by atoms with Gasteiger partial charge in [0.05, 0.1) is 24.4 Å². The number of nitrogens with zero attached hydrogens (tertiary/aromatic N) is 3. The first-order valence-electron chi connectivity index (χ1n) is 12.7. The van der Waals surface area contributed by atoms with Crippen LogP contribution < -0.4 is 10.1 Å². The maximum Gasteiger partial charge on any atom is 0.407 e. The number of amides is 1. The number of aromatic nitrogens is 2. The minimum Gasteiger partial charge on any atom is -0.494 e. The molecule has 1 atom stereocenters. The number of ether oxygens (including phenoxy) is 2. The van der Waals surface area contributed by atoms with Crippen molar-refractivity contribution in [2.45, 2.75) is 77.7 Å². The topological polar surface area (TPSA) is 68.6 Å². The van der Waals surface area contributed by atoms with Gasteiger partial charge in [-0.25, -0.2) is 4.79 Å². The molecule has 2 heterocycles. The van der Waals surface area contributed by atoms with Crippen LogP contribution in [0.2, 0.25) is 0 Å². The zero-order valence-electron chi connectivity index (χ0n) is 21.8. The Labute approximate surface area is 204 Å². The normalized spacial score (nSPS) is 19.6. The maximum atomic E-state index is 12.0. The van der Waals surface area contributed by atoms with Crippen LogP contribution in [0.25, 0.3) is 10.9 Å². The van der Waals surface area contributed by atoms with Gasteiger partial charge in [-0.15, -0.1) is 0 Å². The molecule has 1 aliphatic rings. The SMILES string of the molecule is CCCCCC(C)n1nc2c3cc(ccc31)OCCCNC(=O)OCC/C(N(C)C)=C/C2(C)C. The highest BCUT2D eigenvalue weighted by Gasteiger charge is 2.28. The van der Waals surface area contributed by atoms with Gasteiger partial charge in [0.25, 0.3) is 0 Å². The molecule has 1 amide bonds. The summed E-state index contributed by atoms with van der Waals surface area (Å²) in [5, 5.41) is 9.13. The second-order valence-electron chi connectivity index (χ2n) is 10.1. The van der Waals surface area contributed by atoms with Crippen LogP contribution in [0.5, 0.6) is 5.75 Å². The predicted octanol–water partition coefficient (Wildman–Crippen LogP) is 5.80. The molecule has 0 saturated carbocycles. The fourth-order valence-corrected chi connectivity index (χ4v) is 4.50. The summed E-state index contributed by atoms with van der Waals surface area (Å²) in [6, 6.07) is 6.62. The smallest absolute Gasteiger partial charge is 0.407 e. The number of carbonyl (C=O) groups excluding carboxylic acids is 1. The van der Waals surface area contributed by atoms with Crippen molar-refractivity contribution < 1.29 is 14.3 Å². The lowest BCUT2D eigenvalue weighted by molar-refractivity contribution is 0.144. The monoisotopic (exact) mass is 470 g/mol. The van der Waals surface area contributed by atoms with Gasteiger partial charge in [0, 0.05) is 49.6 Å². The number of cyclic esters (lactones) is 1. The largest absolute Gasteiger partial charge is 0.494 e. The maximum absolute atomic E-state index is 12.0. The molecule has 34 heavy (non-hydrogen) atoms. The number of hydrogen-bond acceptors (Lipinski definition) is 5. The summed E-state index contributed by atoms with van der Waals surface area (Å²) in [4.78, 5) is 14.1. The minimum atomic E-state index is -0.385. The van der Waals surface area contributed by atoms with E-state index in [0.717, 1.165) is 34.5 Å². The zero-order chi connectivity index (χ0) is 24.7. The van der Waals surface area contributed by atoms with E-state index in [1.807, 2.05) is 20.2 Å². The number of allylic oxidation sites excluding steroid dienone is 1. The van der Waals surface area contributed by atoms with Gasteiger partial charge >= 0.3 is 6.09 Å². The van der Waals surface area contributed by atoms with Crippen molar-refractivity contribution >= 4 is 17.0 Å². The van der Waals surface area contributed by atoms with E-state index in [1.165, 1.54) is 19.3 Å². The number of benzene rings is 1. The van der Waals surface area contributed by atoms with E-state index in [9.17, 15) is 4.79 Å². The number of hydrogen-bond donors (Lipinski definition) is 1. The Morgan fingerprint density at radius 1 is 1.21 bits per heavy atom. The predicted molar refractivity (Wildman–Crippen MR) is 137 cm³/mol. The molecule has 7 heteroatoms. The second-order valence-corrected chi connectivity index (χ2v) is 10.1. The molecule has 0 radical (unpaired) electrons. The van der Waals surface area contributed by atoms with Gasteiger partial charge in [0.1, 0.15) is 5.75 Å². The third kappa shape index (κ3) is 6.45. The molecular weight excluding hydrogens is 428 g/mol. The molecule has 1 unspecified atom stereocenters. The average Bonchev–Trinajstić information content (AvgIpc) is 3.17. The van der Waals surface area contributed by atoms with Crippen molar-refractivity contribution in [2.24, 2.45) is 0 Å². The molecule has 0 spiro atoms. The third-order valence-electron chi connectivity index (χ3n) is 6.48. The molecule has 1 aromatic carbocycles. The zero-order valence-corrected chi connectivity index (χ0v) is 21.8. The molecule has 2 bridgehead atoms. The van der Waals surface area contributed by atoms with Gasteiger partial charge in [0.15, 0.2) is 0 Å². The molecule has 0 saturated heterocycles. The highest BCUT2D eigenvalue weighted by atomic mass is 16.5. The molecule has 7 nitrogen and oxygen atoms in total. The molecule has 1 aromatic heterocycles. The minimum absolute atomic E-state index is 0.322. The van der Waals surface area contributed by atoms with Crippen LogP contribution in [0.15, 0.2) is 30.0 Å². The first-order valence-corrected chi connectivity index (χ1v) is 12.7. The number of carbonyl (C=O) groups is 1. The van der Waals surface area contributed by atoms with Gasteiger partial charge in [-0.2, -0.15) is 5.10 Å². The van der Waals surface area contributed by atoms with E-state index >= 15 is 0 Å². The summed E-state index contributed by atoms with van der Waals surface area (Å²) in [6.07, 6.45) is 8.00. The molecule has 0 fully saturated rings. The number of unbranched alkanes of at least 4 members (excludes halogenated alkanes) is 2. The molecule has 1 aliphatic heterocycles. The Bertz CT molecular complexity index is 993. The van der Waals surface area contributed by atoms with Gasteiger partial charge in [-0.05, 0) is 38.0 Å². The van der Waals surface area contributed by atoms with Crippen LogP contribution in [0.1, 0.15) is 78.0 Å². The van der Waals surface area contributed by atoms with Crippen LogP contribution in [0.4, 0.5) is 4.79 Å². The van der Waals surface area contributed by atoms with Crippen LogP contribution in [-0.4, -0.2) is 54.6 Å². The van der Waals surface area contributed by atoms with E-state index in [0.29, 0.717) is 38.6 Å². The van der Waals surface area contributed by atoms with Crippen molar-refractivity contribution in [1.82, 2.24) is 20.0 Å². The fourth-order valence-electron chi connectivity index (χ4n) is 4.50. The summed E-state index contributed by atoms with van der Waals surface area (Å²) in [5.41, 5.74) is 2.97. The standard InChI is InChI=1S/C27H42N4O3/c1-7-8-9-11-20(2)31-24-13-12-22-18-23(24)25(29-31)27(3,4)19-21(30(5)6)14-17-34-26(32)28-15-10-16-33-22/h12-13,18-20H,7-11,14-17H2,1-6H3,(H,28,32)/b21-19-. The summed E-state index contributed by atoms with van der Waals surface area (Å²) >= 11 is 0. The number of rotatable bonds is 6. The summed E-state index contributed by atoms with van der Waals surface area (Å²) in [6.45, 7) is 10.3. The first-order chi connectivity index (χ1) is 16.2. The lowest BCUT2D eigenvalue weighted by Crippen LogP contribution is -2.27. The molecule has 2 aromatic rings. The quantitative estimate of drug-likeness (QED) is 0.541. The number of alkyl carbamates (subject to hydrolysis) is 1. The average molecular weight is 471 g/mol. The van der Waals surface area contributed by atoms with Crippen molar-refractivity contribution in [3.8, 4) is 5.75 Å². The summed E-state index contributed by atoms with van der Waals surface area (Å²) < 4.78 is 13.6. The van der Waals surface area contributed by atoms with E-state index in [4.69, 9.17) is 14.6 Å². The highest BCUT2D eigenvalue weighted by molar-refractivity contribution is 5.85. The van der Waals surface area contributed by atoms with Gasteiger partial charge < -0.3 is 19.7 Å². The Kier molecular flexibility index (Phi) is 8.86. The fraction of sp³-hybridized carbons (Fsp3) is 0.630. The van der Waals surface area contributed by atoms with E-state index in [1.54, 1.807) is 0 Å². The van der Waals surface area contributed by atoms with E-state index < -0.39 is 0 Å². The van der Waals surface area contributed by atoms with Crippen molar-refractivity contribution in [2.75, 3.05) is 33.9 Å². The van der Waals surface area contributed by atoms with Crippen molar-refractivity contribution in [3.63, 3.8) is 0 Å². The Morgan fingerprint density at radius 3 is 2.74 bits per heavy atom. The van der Waals surface area contributed by atoms with E-state index in [-0.39, 0.29) is 11.5 Å². The molecule has 0 aliphatic carbocycles. The summed E-state index contributed by atoms with van der Waals surface area (Å²) in [5.74, 6) is 0.828. The number of nitrogens with one attached hydrogen (secondary N) is 1. The molecule has 1 N–H and O–H groups in total. The lowest BCUT2D eigenvalue weighted by Gasteiger charge is -2.25. The molecular formula is C27H42N4O3. The molecule has 3 rings (SSSR count). The van der Waals surface area contributed by atoms with E-state index in [2.05, 4.69) is 60.8 Å². The lowest BCUT2D eigenvalue weighted by atomic mass is 9.85. The van der Waals surface area contributed by atoms with Crippen LogP contribution in [0.3, 0.4) is 0 Å². The number of fused-ring (bicyclic) bond motifs is 1. The van der Waals surface area contributed by atoms with Crippen LogP contribution in [0, 0.1) is 0 Å². The molecule has 188 valence electrons. The van der Waals surface area contributed by atoms with Gasteiger partial charge in [-0.3, -0.25) is 4.68 Å². The highest BCUT2D eigenvalue weighted by Crippen LogP contribution is 2.36. The second kappa shape index (κ2) is 11.6. The first kappa shape index (κ1) is 25.9. The third-order valence-corrected chi connectivity index (χ3v) is 6.48. The van der Waals surface area contributed by atoms with Crippen molar-refractivity contribution in [3.05, 3.63) is 35.7 Å². The van der Waals surface area contributed by atoms with Gasteiger partial charge in [0.2, 0.25) is 0 Å². The Hall–Kier alpha value is -2.70. The van der Waals surface area contributed by atoms with Crippen LogP contribution >= 0.6 is 0 Å². The Morgan fingerprint density at radius 2 is 2.00 bits per heavy atom. The Balaban J connectivity index is 2.07. The van der Waals surface area contributed by atoms with Crippen molar-refractivity contribution in [1.29, 1.82) is 0 Å². The van der Waals surface area contributed by atoms with Gasteiger partial charge in [-0.1, -0.05) is 46.1 Å². The van der Waals surface area contributed by atoms with Crippen LogP contribution in [-0.2, 0) is 10.2 Å².